The smallest absolute Gasteiger partial charge is 0.254 e. The molecule has 110 valence electrons. The van der Waals surface area contributed by atoms with Crippen LogP contribution in [0.2, 0.25) is 0 Å². The summed E-state index contributed by atoms with van der Waals surface area (Å²) in [7, 11) is 1.68. The van der Waals surface area contributed by atoms with Crippen LogP contribution < -0.4 is 0 Å². The van der Waals surface area contributed by atoms with Crippen LogP contribution in [0, 0.1) is 5.92 Å². The van der Waals surface area contributed by atoms with Gasteiger partial charge in [-0.15, -0.1) is 0 Å². The highest BCUT2D eigenvalue weighted by molar-refractivity contribution is 5.94. The minimum Gasteiger partial charge on any atom is -0.380 e. The number of benzene rings is 1. The van der Waals surface area contributed by atoms with E-state index in [4.69, 9.17) is 4.74 Å². The van der Waals surface area contributed by atoms with E-state index < -0.39 is 0 Å². The summed E-state index contributed by atoms with van der Waals surface area (Å²) in [5.74, 6) is 0.810. The van der Waals surface area contributed by atoms with Gasteiger partial charge in [0.15, 0.2) is 0 Å². The van der Waals surface area contributed by atoms with Crippen molar-refractivity contribution in [2.75, 3.05) is 13.7 Å². The third-order valence-corrected chi connectivity index (χ3v) is 3.71. The molecule has 1 aliphatic rings. The van der Waals surface area contributed by atoms with Gasteiger partial charge in [0.25, 0.3) is 5.91 Å². The molecule has 0 radical (unpaired) electrons. The van der Waals surface area contributed by atoms with Crippen molar-refractivity contribution in [2.24, 2.45) is 5.92 Å². The average Bonchev–Trinajstić information content (AvgIpc) is 3.24. The lowest BCUT2D eigenvalue weighted by molar-refractivity contribution is 0.0735. The Kier molecular flexibility index (Phi) is 5.18. The predicted molar refractivity (Wildman–Crippen MR) is 80.7 cm³/mol. The highest BCUT2D eigenvalue weighted by atomic mass is 16.5. The number of nitrogens with zero attached hydrogens (tertiary/aromatic N) is 1. The molecule has 1 aliphatic carbocycles. The van der Waals surface area contributed by atoms with E-state index in [1.54, 1.807) is 7.11 Å². The molecule has 1 aromatic carbocycles. The molecule has 1 aromatic rings. The second-order valence-corrected chi connectivity index (χ2v) is 6.04. The van der Waals surface area contributed by atoms with E-state index in [2.05, 4.69) is 18.7 Å². The summed E-state index contributed by atoms with van der Waals surface area (Å²) >= 11 is 0. The molecule has 0 aliphatic heterocycles. The highest BCUT2D eigenvalue weighted by Crippen LogP contribution is 2.29. The van der Waals surface area contributed by atoms with Crippen molar-refractivity contribution in [3.63, 3.8) is 0 Å². The second kappa shape index (κ2) is 6.89. The van der Waals surface area contributed by atoms with Gasteiger partial charge in [0.2, 0.25) is 0 Å². The molecule has 0 atom stereocenters. The highest BCUT2D eigenvalue weighted by Gasteiger charge is 2.32. The third-order valence-electron chi connectivity index (χ3n) is 3.71. The van der Waals surface area contributed by atoms with Gasteiger partial charge in [-0.3, -0.25) is 4.79 Å². The van der Waals surface area contributed by atoms with E-state index in [1.165, 1.54) is 0 Å². The Balaban J connectivity index is 2.02. The number of hydrogen-bond acceptors (Lipinski definition) is 2. The van der Waals surface area contributed by atoms with Crippen LogP contribution in [0.15, 0.2) is 24.3 Å². The van der Waals surface area contributed by atoms with Crippen molar-refractivity contribution in [1.82, 2.24) is 4.90 Å². The third kappa shape index (κ3) is 4.07. The topological polar surface area (TPSA) is 29.5 Å². The summed E-state index contributed by atoms with van der Waals surface area (Å²) < 4.78 is 5.09. The first-order valence-electron chi connectivity index (χ1n) is 7.50. The van der Waals surface area contributed by atoms with Gasteiger partial charge in [-0.2, -0.15) is 0 Å². The van der Waals surface area contributed by atoms with Crippen molar-refractivity contribution < 1.29 is 9.53 Å². The van der Waals surface area contributed by atoms with E-state index in [9.17, 15) is 4.79 Å². The number of methoxy groups -OCH3 is 1. The van der Waals surface area contributed by atoms with E-state index >= 15 is 0 Å². The van der Waals surface area contributed by atoms with Crippen LogP contribution in [0.5, 0.6) is 0 Å². The first-order valence-corrected chi connectivity index (χ1v) is 7.50. The zero-order valence-corrected chi connectivity index (χ0v) is 12.8. The number of hydrogen-bond donors (Lipinski definition) is 0. The standard InChI is InChI=1S/C17H25NO2/c1-13(2)10-11-18(16-8-9-16)17(19)15-6-4-14(5-7-15)12-20-3/h4-7,13,16H,8-12H2,1-3H3. The van der Waals surface area contributed by atoms with Gasteiger partial charge in [0, 0.05) is 25.3 Å². The van der Waals surface area contributed by atoms with Crippen LogP contribution in [0.1, 0.15) is 49.0 Å². The summed E-state index contributed by atoms with van der Waals surface area (Å²) in [6.45, 7) is 5.87. The lowest BCUT2D eigenvalue weighted by atomic mass is 10.1. The summed E-state index contributed by atoms with van der Waals surface area (Å²) in [5.41, 5.74) is 1.89. The molecule has 0 N–H and O–H groups in total. The maximum absolute atomic E-state index is 12.6. The molecule has 0 spiro atoms. The zero-order valence-electron chi connectivity index (χ0n) is 12.8. The van der Waals surface area contributed by atoms with Crippen LogP contribution >= 0.6 is 0 Å². The fourth-order valence-corrected chi connectivity index (χ4v) is 2.31. The van der Waals surface area contributed by atoms with E-state index in [0.29, 0.717) is 18.6 Å². The number of ether oxygens (including phenoxy) is 1. The molecule has 0 unspecified atom stereocenters. The van der Waals surface area contributed by atoms with Crippen molar-refractivity contribution in [3.8, 4) is 0 Å². The van der Waals surface area contributed by atoms with Gasteiger partial charge in [0.05, 0.1) is 6.61 Å². The van der Waals surface area contributed by atoms with Gasteiger partial charge in [-0.1, -0.05) is 26.0 Å². The van der Waals surface area contributed by atoms with E-state index in [0.717, 1.165) is 36.9 Å². The van der Waals surface area contributed by atoms with Crippen molar-refractivity contribution in [1.29, 1.82) is 0 Å². The molecule has 20 heavy (non-hydrogen) atoms. The molecule has 1 saturated carbocycles. The quantitative estimate of drug-likeness (QED) is 0.762. The molecular formula is C17H25NO2. The fourth-order valence-electron chi connectivity index (χ4n) is 2.31. The maximum Gasteiger partial charge on any atom is 0.254 e. The molecule has 1 fully saturated rings. The molecule has 0 heterocycles. The maximum atomic E-state index is 12.6. The van der Waals surface area contributed by atoms with Crippen molar-refractivity contribution in [3.05, 3.63) is 35.4 Å². The van der Waals surface area contributed by atoms with Crippen molar-refractivity contribution >= 4 is 5.91 Å². The van der Waals surface area contributed by atoms with Crippen LogP contribution in [-0.2, 0) is 11.3 Å². The molecule has 0 aromatic heterocycles. The Labute approximate surface area is 121 Å². The normalized spacial score (nSPS) is 14.6. The lowest BCUT2D eigenvalue weighted by Crippen LogP contribution is -2.34. The minimum absolute atomic E-state index is 0.178. The van der Waals surface area contributed by atoms with Gasteiger partial charge in [0.1, 0.15) is 0 Å². The largest absolute Gasteiger partial charge is 0.380 e. The van der Waals surface area contributed by atoms with Crippen LogP contribution in [-0.4, -0.2) is 30.5 Å². The van der Waals surface area contributed by atoms with Gasteiger partial charge in [-0.05, 0) is 42.9 Å². The monoisotopic (exact) mass is 275 g/mol. The minimum atomic E-state index is 0.178. The van der Waals surface area contributed by atoms with Gasteiger partial charge >= 0.3 is 0 Å². The average molecular weight is 275 g/mol. The summed E-state index contributed by atoms with van der Waals surface area (Å²) in [4.78, 5) is 14.7. The SMILES string of the molecule is COCc1ccc(C(=O)N(CCC(C)C)C2CC2)cc1. The zero-order chi connectivity index (χ0) is 14.5. The molecule has 3 nitrogen and oxygen atoms in total. The Morgan fingerprint density at radius 3 is 2.45 bits per heavy atom. The Bertz CT molecular complexity index is 435. The Morgan fingerprint density at radius 1 is 1.30 bits per heavy atom. The molecule has 1 amide bonds. The number of carbonyl (C=O) groups is 1. The van der Waals surface area contributed by atoms with Gasteiger partial charge in [-0.25, -0.2) is 0 Å². The summed E-state index contributed by atoms with van der Waals surface area (Å²) in [6.07, 6.45) is 3.39. The lowest BCUT2D eigenvalue weighted by Gasteiger charge is -2.23. The van der Waals surface area contributed by atoms with Crippen LogP contribution in [0.4, 0.5) is 0 Å². The first-order chi connectivity index (χ1) is 9.61. The van der Waals surface area contributed by atoms with E-state index in [1.807, 2.05) is 24.3 Å². The molecule has 0 bridgehead atoms. The first kappa shape index (κ1) is 15.0. The molecule has 3 heteroatoms. The number of carbonyl (C=O) groups excluding carboxylic acids is 1. The summed E-state index contributed by atoms with van der Waals surface area (Å²) in [6, 6.07) is 8.26. The Hall–Kier alpha value is -1.35. The predicted octanol–water partition coefficient (Wildman–Crippen LogP) is 3.48. The van der Waals surface area contributed by atoms with Crippen LogP contribution in [0.25, 0.3) is 0 Å². The molecule has 0 saturated heterocycles. The Morgan fingerprint density at radius 2 is 1.95 bits per heavy atom. The van der Waals surface area contributed by atoms with Crippen LogP contribution in [0.3, 0.4) is 0 Å². The number of amides is 1. The second-order valence-electron chi connectivity index (χ2n) is 6.04. The van der Waals surface area contributed by atoms with Crippen molar-refractivity contribution in [2.45, 2.75) is 45.8 Å². The number of rotatable bonds is 7. The summed E-state index contributed by atoms with van der Waals surface area (Å²) in [5, 5.41) is 0. The van der Waals surface area contributed by atoms with E-state index in [-0.39, 0.29) is 5.91 Å². The molecular weight excluding hydrogens is 250 g/mol. The van der Waals surface area contributed by atoms with Gasteiger partial charge < -0.3 is 9.64 Å². The fraction of sp³-hybridized carbons (Fsp3) is 0.588. The molecule has 2 rings (SSSR count).